The van der Waals surface area contributed by atoms with E-state index in [9.17, 15) is 4.79 Å². The van der Waals surface area contributed by atoms with E-state index in [1.165, 1.54) is 0 Å². The molecule has 2 heterocycles. The molecule has 0 atom stereocenters. The molecule has 184 valence electrons. The first-order valence-electron chi connectivity index (χ1n) is 11.8. The van der Waals surface area contributed by atoms with Crippen LogP contribution in [0.4, 0.5) is 0 Å². The zero-order valence-electron chi connectivity index (χ0n) is 20.1. The Kier molecular flexibility index (Phi) is 7.94. The fourth-order valence-electron chi connectivity index (χ4n) is 4.68. The minimum absolute atomic E-state index is 0. The van der Waals surface area contributed by atoms with Gasteiger partial charge in [-0.05, 0) is 54.4 Å². The standard InChI is InChI=1S/C29H27N3O3.ClH/c1-34-28-9-3-2-8-26(28)22-10-11-27-24(17-22)18-25(35-27)20-31-12-5-13-32(15-14-31)29(33)23-7-4-6-21(16-23)19-30;/h2-4,6-11,16-18H,5,12-15,20H2,1H3;1H. The molecule has 1 aliphatic heterocycles. The van der Waals surface area contributed by atoms with Crippen molar-refractivity contribution in [2.45, 2.75) is 13.0 Å². The van der Waals surface area contributed by atoms with Crippen LogP contribution in [0.5, 0.6) is 5.75 Å². The molecule has 1 aliphatic rings. The van der Waals surface area contributed by atoms with Crippen molar-refractivity contribution < 1.29 is 13.9 Å². The minimum atomic E-state index is -0.0171. The topological polar surface area (TPSA) is 69.7 Å². The third-order valence-corrected chi connectivity index (χ3v) is 6.48. The van der Waals surface area contributed by atoms with Crippen LogP contribution in [0, 0.1) is 11.3 Å². The number of hydrogen-bond donors (Lipinski definition) is 0. The summed E-state index contributed by atoms with van der Waals surface area (Å²) in [5.41, 5.74) is 4.08. The molecular formula is C29H28ClN3O3. The van der Waals surface area contributed by atoms with Gasteiger partial charge in [-0.3, -0.25) is 9.69 Å². The predicted molar refractivity (Wildman–Crippen MR) is 142 cm³/mol. The first-order valence-corrected chi connectivity index (χ1v) is 11.8. The second kappa shape index (κ2) is 11.3. The normalized spacial score (nSPS) is 14.1. The van der Waals surface area contributed by atoms with Crippen LogP contribution >= 0.6 is 12.4 Å². The molecular weight excluding hydrogens is 474 g/mol. The average Bonchev–Trinajstić information content (AvgIpc) is 3.16. The van der Waals surface area contributed by atoms with E-state index in [-0.39, 0.29) is 18.3 Å². The van der Waals surface area contributed by atoms with E-state index in [0.29, 0.717) is 30.8 Å². The molecule has 0 bridgehead atoms. The molecule has 0 spiro atoms. The molecule has 0 N–H and O–H groups in total. The fourth-order valence-corrected chi connectivity index (χ4v) is 4.68. The second-order valence-corrected chi connectivity index (χ2v) is 8.78. The SMILES string of the molecule is COc1ccccc1-c1ccc2oc(CN3CCCN(C(=O)c4cccc(C#N)c4)CC3)cc2c1.Cl. The van der Waals surface area contributed by atoms with Gasteiger partial charge in [0.05, 0.1) is 25.3 Å². The summed E-state index contributed by atoms with van der Waals surface area (Å²) >= 11 is 0. The predicted octanol–water partition coefficient (Wildman–Crippen LogP) is 5.75. The Hall–Kier alpha value is -3.79. The van der Waals surface area contributed by atoms with Gasteiger partial charge in [0, 0.05) is 42.7 Å². The number of nitrogens with zero attached hydrogens (tertiary/aromatic N) is 3. The average molecular weight is 502 g/mol. The summed E-state index contributed by atoms with van der Waals surface area (Å²) in [5, 5.41) is 10.2. The van der Waals surface area contributed by atoms with Crippen molar-refractivity contribution >= 4 is 29.3 Å². The summed E-state index contributed by atoms with van der Waals surface area (Å²) in [7, 11) is 1.69. The Balaban J connectivity index is 0.00000304. The highest BCUT2D eigenvalue weighted by molar-refractivity contribution is 5.94. The molecule has 3 aromatic carbocycles. The highest BCUT2D eigenvalue weighted by Gasteiger charge is 2.21. The van der Waals surface area contributed by atoms with Crippen LogP contribution in [0.15, 0.2) is 77.2 Å². The second-order valence-electron chi connectivity index (χ2n) is 8.78. The van der Waals surface area contributed by atoms with Crippen LogP contribution < -0.4 is 4.74 Å². The number of benzene rings is 3. The molecule has 1 amide bonds. The third-order valence-electron chi connectivity index (χ3n) is 6.48. The van der Waals surface area contributed by atoms with Crippen molar-refractivity contribution in [3.8, 4) is 22.9 Å². The molecule has 1 aromatic heterocycles. The van der Waals surface area contributed by atoms with Crippen molar-refractivity contribution in [1.29, 1.82) is 5.26 Å². The highest BCUT2D eigenvalue weighted by atomic mass is 35.5. The maximum Gasteiger partial charge on any atom is 0.253 e. The van der Waals surface area contributed by atoms with Crippen molar-refractivity contribution in [2.24, 2.45) is 0 Å². The maximum atomic E-state index is 13.0. The van der Waals surface area contributed by atoms with Crippen molar-refractivity contribution in [3.63, 3.8) is 0 Å². The van der Waals surface area contributed by atoms with Gasteiger partial charge < -0.3 is 14.1 Å². The van der Waals surface area contributed by atoms with E-state index < -0.39 is 0 Å². The lowest BCUT2D eigenvalue weighted by atomic mass is 10.0. The molecule has 4 aromatic rings. The number of carbonyl (C=O) groups is 1. The summed E-state index contributed by atoms with van der Waals surface area (Å²) in [4.78, 5) is 17.2. The van der Waals surface area contributed by atoms with E-state index in [1.807, 2.05) is 29.2 Å². The van der Waals surface area contributed by atoms with Gasteiger partial charge in [-0.15, -0.1) is 12.4 Å². The van der Waals surface area contributed by atoms with Gasteiger partial charge >= 0.3 is 0 Å². The number of furan rings is 1. The van der Waals surface area contributed by atoms with E-state index in [4.69, 9.17) is 14.4 Å². The molecule has 0 aliphatic carbocycles. The van der Waals surface area contributed by atoms with Gasteiger partial charge in [0.25, 0.3) is 5.91 Å². The summed E-state index contributed by atoms with van der Waals surface area (Å²) in [6, 6.07) is 25.3. The Labute approximate surface area is 217 Å². The molecule has 7 heteroatoms. The lowest BCUT2D eigenvalue weighted by Gasteiger charge is -2.21. The summed E-state index contributed by atoms with van der Waals surface area (Å²) in [6.45, 7) is 3.71. The molecule has 36 heavy (non-hydrogen) atoms. The number of halogens is 1. The molecule has 0 radical (unpaired) electrons. The largest absolute Gasteiger partial charge is 0.496 e. The Bertz CT molecular complexity index is 1410. The number of hydrogen-bond acceptors (Lipinski definition) is 5. The monoisotopic (exact) mass is 501 g/mol. The van der Waals surface area contributed by atoms with Gasteiger partial charge in [0.1, 0.15) is 17.1 Å². The molecule has 0 unspecified atom stereocenters. The first kappa shape index (κ1) is 25.3. The number of nitriles is 1. The lowest BCUT2D eigenvalue weighted by molar-refractivity contribution is 0.0761. The van der Waals surface area contributed by atoms with Gasteiger partial charge in [-0.2, -0.15) is 5.26 Å². The number of fused-ring (bicyclic) bond motifs is 1. The Morgan fingerprint density at radius 2 is 1.86 bits per heavy atom. The van der Waals surface area contributed by atoms with Gasteiger partial charge in [0.15, 0.2) is 0 Å². The molecule has 5 rings (SSSR count). The summed E-state index contributed by atoms with van der Waals surface area (Å²) < 4.78 is 11.7. The van der Waals surface area contributed by atoms with Gasteiger partial charge in [-0.25, -0.2) is 0 Å². The number of methoxy groups -OCH3 is 1. The molecule has 1 saturated heterocycles. The fraction of sp³-hybridized carbons (Fsp3) is 0.241. The summed E-state index contributed by atoms with van der Waals surface area (Å²) in [6.07, 6.45) is 0.891. The van der Waals surface area contributed by atoms with Crippen LogP contribution in [0.25, 0.3) is 22.1 Å². The van der Waals surface area contributed by atoms with Crippen LogP contribution in [0.2, 0.25) is 0 Å². The number of para-hydroxylation sites is 1. The number of ether oxygens (including phenoxy) is 1. The van der Waals surface area contributed by atoms with Crippen molar-refractivity contribution in [1.82, 2.24) is 9.80 Å². The van der Waals surface area contributed by atoms with E-state index >= 15 is 0 Å². The van der Waals surface area contributed by atoms with Crippen LogP contribution in [0.1, 0.15) is 28.1 Å². The van der Waals surface area contributed by atoms with Crippen molar-refractivity contribution in [3.05, 3.63) is 89.7 Å². The van der Waals surface area contributed by atoms with Gasteiger partial charge in [-0.1, -0.05) is 30.3 Å². The van der Waals surface area contributed by atoms with E-state index in [0.717, 1.165) is 53.1 Å². The van der Waals surface area contributed by atoms with E-state index in [2.05, 4.69) is 35.2 Å². The zero-order chi connectivity index (χ0) is 24.2. The third kappa shape index (κ3) is 5.38. The lowest BCUT2D eigenvalue weighted by Crippen LogP contribution is -2.35. The smallest absolute Gasteiger partial charge is 0.253 e. The molecule has 0 saturated carbocycles. The molecule has 6 nitrogen and oxygen atoms in total. The highest BCUT2D eigenvalue weighted by Crippen LogP contribution is 2.32. The van der Waals surface area contributed by atoms with Crippen LogP contribution in [-0.4, -0.2) is 49.0 Å². The first-order chi connectivity index (χ1) is 17.1. The number of amides is 1. The van der Waals surface area contributed by atoms with Crippen LogP contribution in [0.3, 0.4) is 0 Å². The summed E-state index contributed by atoms with van der Waals surface area (Å²) in [5.74, 6) is 1.74. The quantitative estimate of drug-likeness (QED) is 0.348. The van der Waals surface area contributed by atoms with E-state index in [1.54, 1.807) is 31.4 Å². The molecule has 1 fully saturated rings. The van der Waals surface area contributed by atoms with Crippen LogP contribution in [-0.2, 0) is 6.54 Å². The maximum absolute atomic E-state index is 13.0. The number of carbonyl (C=O) groups excluding carboxylic acids is 1. The van der Waals surface area contributed by atoms with Crippen molar-refractivity contribution in [2.75, 3.05) is 33.3 Å². The zero-order valence-corrected chi connectivity index (χ0v) is 21.0. The number of rotatable bonds is 5. The Morgan fingerprint density at radius 1 is 1.00 bits per heavy atom. The minimum Gasteiger partial charge on any atom is -0.496 e. The van der Waals surface area contributed by atoms with Gasteiger partial charge in [0.2, 0.25) is 0 Å². The Morgan fingerprint density at radius 3 is 2.69 bits per heavy atom.